The molecule has 3 aromatic carbocycles. The fourth-order valence-electron chi connectivity index (χ4n) is 3.59. The summed E-state index contributed by atoms with van der Waals surface area (Å²) in [6.45, 7) is 0. The fourth-order valence-corrected chi connectivity index (χ4v) is 4.85. The lowest BCUT2D eigenvalue weighted by molar-refractivity contribution is -0.134. The molecule has 0 spiro atoms. The minimum Gasteiger partial charge on any atom is -0.486 e. The number of hydrogen-bond acceptors (Lipinski definition) is 16. The summed E-state index contributed by atoms with van der Waals surface area (Å²) in [6.07, 6.45) is 1.19. The Balaban J connectivity index is 1.45. The highest BCUT2D eigenvalue weighted by atomic mass is 35.5. The molecule has 17 nitrogen and oxygen atoms in total. The number of carbonyl (C=O) groups is 3. The molecule has 0 fully saturated rings. The molecule has 0 aliphatic heterocycles. The first-order chi connectivity index (χ1) is 23.3. The second-order valence-electron chi connectivity index (χ2n) is 9.10. The number of benzene rings is 3. The number of anilines is 3. The Morgan fingerprint density at radius 3 is 2.43 bits per heavy atom. The number of carboxylic acid groups (broad SMARTS) is 1. The van der Waals surface area contributed by atoms with Gasteiger partial charge < -0.3 is 24.7 Å². The maximum absolute atomic E-state index is 12.8. The SMILES string of the molecule is CO/C=N\c1cc(Nc2nc(Cl)nc(SCC(=O)O)n2)ccc1N=Nc1ccc(C(=O)Nc2cccc(C(=S)C(=O)OS(=O)(=O)O)c2)cc1. The van der Waals surface area contributed by atoms with Crippen molar-refractivity contribution >= 4 is 109 Å². The Hall–Kier alpha value is -5.41. The van der Waals surface area contributed by atoms with Crippen LogP contribution in [0.4, 0.5) is 34.4 Å². The van der Waals surface area contributed by atoms with Crippen molar-refractivity contribution in [2.45, 2.75) is 5.16 Å². The Bertz CT molecular complexity index is 2080. The molecule has 4 aromatic rings. The molecule has 252 valence electrons. The molecule has 0 unspecified atom stereocenters. The van der Waals surface area contributed by atoms with E-state index in [-0.39, 0.29) is 39.0 Å². The molecular weight excluding hydrogens is 724 g/mol. The number of rotatable bonds is 14. The van der Waals surface area contributed by atoms with E-state index in [0.717, 1.165) is 11.8 Å². The van der Waals surface area contributed by atoms with Crippen LogP contribution < -0.4 is 10.6 Å². The van der Waals surface area contributed by atoms with Gasteiger partial charge in [-0.1, -0.05) is 36.1 Å². The predicted molar refractivity (Wildman–Crippen MR) is 182 cm³/mol. The van der Waals surface area contributed by atoms with Gasteiger partial charge in [-0.3, -0.25) is 14.1 Å². The van der Waals surface area contributed by atoms with Crippen LogP contribution in [-0.2, 0) is 28.9 Å². The highest BCUT2D eigenvalue weighted by molar-refractivity contribution is 7.99. The Kier molecular flexibility index (Phi) is 12.4. The van der Waals surface area contributed by atoms with Gasteiger partial charge in [0.1, 0.15) is 10.6 Å². The molecule has 4 rings (SSSR count). The van der Waals surface area contributed by atoms with Crippen molar-refractivity contribution in [3.05, 3.63) is 83.1 Å². The Morgan fingerprint density at radius 2 is 1.73 bits per heavy atom. The summed E-state index contributed by atoms with van der Waals surface area (Å²) < 4.78 is 39.1. The lowest BCUT2D eigenvalue weighted by Crippen LogP contribution is -2.20. The third-order valence-electron chi connectivity index (χ3n) is 5.59. The molecule has 0 saturated heterocycles. The number of carboxylic acids is 1. The van der Waals surface area contributed by atoms with E-state index in [1.54, 1.807) is 30.3 Å². The van der Waals surface area contributed by atoms with Crippen molar-refractivity contribution in [3.63, 3.8) is 0 Å². The molecule has 0 atom stereocenters. The predicted octanol–water partition coefficient (Wildman–Crippen LogP) is 5.48. The van der Waals surface area contributed by atoms with Gasteiger partial charge in [0.2, 0.25) is 11.2 Å². The maximum Gasteiger partial charge on any atom is 0.449 e. The molecular formula is C28H21ClN8O9S3. The van der Waals surface area contributed by atoms with Gasteiger partial charge in [0.15, 0.2) is 11.6 Å². The lowest BCUT2D eigenvalue weighted by atomic mass is 10.1. The van der Waals surface area contributed by atoms with Gasteiger partial charge in [0.05, 0.1) is 24.2 Å². The van der Waals surface area contributed by atoms with Crippen molar-refractivity contribution in [2.75, 3.05) is 23.5 Å². The topological polar surface area (TPSA) is 244 Å². The van der Waals surface area contributed by atoms with Crippen LogP contribution >= 0.6 is 35.6 Å². The molecule has 1 amide bonds. The third-order valence-corrected chi connectivity index (χ3v) is 7.36. The number of nitrogens with zero attached hydrogens (tertiary/aromatic N) is 6. The van der Waals surface area contributed by atoms with Crippen molar-refractivity contribution in [1.82, 2.24) is 15.0 Å². The first kappa shape index (κ1) is 36.4. The number of carbonyl (C=O) groups excluding carboxylic acids is 2. The number of aliphatic imine (C=N–C) groups is 1. The first-order valence-corrected chi connectivity index (χ1v) is 16.3. The van der Waals surface area contributed by atoms with Crippen LogP contribution in [0.15, 0.2) is 87.1 Å². The van der Waals surface area contributed by atoms with Crippen LogP contribution in [0.1, 0.15) is 15.9 Å². The smallest absolute Gasteiger partial charge is 0.449 e. The Morgan fingerprint density at radius 1 is 0.980 bits per heavy atom. The zero-order chi connectivity index (χ0) is 35.6. The van der Waals surface area contributed by atoms with Gasteiger partial charge in [-0.2, -0.15) is 28.5 Å². The van der Waals surface area contributed by atoms with Gasteiger partial charge in [0.25, 0.3) is 5.91 Å². The largest absolute Gasteiger partial charge is 0.486 e. The van der Waals surface area contributed by atoms with Crippen molar-refractivity contribution in [2.24, 2.45) is 15.2 Å². The summed E-state index contributed by atoms with van der Waals surface area (Å²) in [7, 11) is -3.63. The molecule has 21 heteroatoms. The van der Waals surface area contributed by atoms with Crippen LogP contribution in [0.2, 0.25) is 5.28 Å². The maximum atomic E-state index is 12.8. The van der Waals surface area contributed by atoms with Crippen LogP contribution in [0.25, 0.3) is 0 Å². The van der Waals surface area contributed by atoms with Gasteiger partial charge in [-0.05, 0) is 66.2 Å². The van der Waals surface area contributed by atoms with Gasteiger partial charge in [0, 0.05) is 22.5 Å². The minimum atomic E-state index is -5.05. The number of methoxy groups -OCH3 is 1. The molecule has 0 bridgehead atoms. The monoisotopic (exact) mass is 744 g/mol. The molecule has 0 saturated carbocycles. The van der Waals surface area contributed by atoms with Gasteiger partial charge >= 0.3 is 22.3 Å². The molecule has 0 aliphatic carbocycles. The number of hydrogen-bond donors (Lipinski definition) is 4. The number of thiocarbonyl (C=S) groups is 1. The minimum absolute atomic E-state index is 0.0737. The number of ether oxygens (including phenoxy) is 1. The second kappa shape index (κ2) is 16.6. The molecule has 49 heavy (non-hydrogen) atoms. The van der Waals surface area contributed by atoms with E-state index in [1.165, 1.54) is 49.9 Å². The number of aliphatic carboxylic acids is 1. The van der Waals surface area contributed by atoms with E-state index >= 15 is 0 Å². The number of thioether (sulfide) groups is 1. The standard InChI is InChI=1S/C28H21ClN8O9S3/c1-45-14-30-21-12-19(32-27-33-26(29)34-28(35-27)48-13-22(38)39)9-10-20(21)37-36-17-7-5-15(6-8-17)24(40)31-18-4-2-3-16(11-18)23(47)25(41)46-49(42,43)44/h2-12,14H,13H2,1H3,(H,31,40)(H,38,39)(H,42,43,44)(H,32,33,34,35)/b30-14-,37-36?. The van der Waals surface area contributed by atoms with Gasteiger partial charge in [-0.15, -0.1) is 5.11 Å². The molecule has 0 aliphatic rings. The van der Waals surface area contributed by atoms with Crippen molar-refractivity contribution in [3.8, 4) is 0 Å². The summed E-state index contributed by atoms with van der Waals surface area (Å²) in [5.41, 5.74) is 2.15. The van der Waals surface area contributed by atoms with Crippen LogP contribution in [-0.4, -0.2) is 75.0 Å². The molecule has 1 heterocycles. The van der Waals surface area contributed by atoms with Crippen molar-refractivity contribution in [1.29, 1.82) is 0 Å². The summed E-state index contributed by atoms with van der Waals surface area (Å²) in [6, 6.07) is 16.7. The third kappa shape index (κ3) is 11.4. The van der Waals surface area contributed by atoms with Crippen LogP contribution in [0.5, 0.6) is 0 Å². The molecule has 4 N–H and O–H groups in total. The fraction of sp³-hybridized carbons (Fsp3) is 0.0714. The average Bonchev–Trinajstić information content (AvgIpc) is 3.05. The Labute approximate surface area is 291 Å². The van der Waals surface area contributed by atoms with Crippen molar-refractivity contribution < 1.29 is 41.4 Å². The van der Waals surface area contributed by atoms with E-state index in [4.69, 9.17) is 38.2 Å². The molecule has 1 aromatic heterocycles. The van der Waals surface area contributed by atoms with Gasteiger partial charge in [-0.25, -0.2) is 9.79 Å². The number of aromatic nitrogens is 3. The number of nitrogens with one attached hydrogen (secondary N) is 2. The normalized spacial score (nSPS) is 11.3. The van der Waals surface area contributed by atoms with E-state index < -0.39 is 33.1 Å². The van der Waals surface area contributed by atoms with Crippen LogP contribution in [0, 0.1) is 0 Å². The number of amides is 1. The summed E-state index contributed by atoms with van der Waals surface area (Å²) in [5.74, 6) is -3.20. The summed E-state index contributed by atoms with van der Waals surface area (Å²) in [4.78, 5) is 51.3. The summed E-state index contributed by atoms with van der Waals surface area (Å²) in [5, 5.41) is 23.0. The first-order valence-electron chi connectivity index (χ1n) is 13.2. The van der Waals surface area contributed by atoms with E-state index in [2.05, 4.69) is 45.0 Å². The average molecular weight is 745 g/mol. The van der Waals surface area contributed by atoms with E-state index in [9.17, 15) is 22.8 Å². The lowest BCUT2D eigenvalue weighted by Gasteiger charge is -2.08. The highest BCUT2D eigenvalue weighted by Gasteiger charge is 2.20. The van der Waals surface area contributed by atoms with E-state index in [1.807, 2.05) is 0 Å². The highest BCUT2D eigenvalue weighted by Crippen LogP contribution is 2.33. The second-order valence-corrected chi connectivity index (χ2v) is 11.8. The summed E-state index contributed by atoms with van der Waals surface area (Å²) >= 11 is 11.8. The van der Waals surface area contributed by atoms with Crippen LogP contribution in [0.3, 0.4) is 0 Å². The quantitative estimate of drug-likeness (QED) is 0.0237. The number of halogens is 1. The zero-order valence-electron chi connectivity index (χ0n) is 24.7. The van der Waals surface area contributed by atoms with E-state index in [0.29, 0.717) is 22.7 Å². The zero-order valence-corrected chi connectivity index (χ0v) is 27.9. The molecule has 0 radical (unpaired) electrons. The number of azo groups is 1.